The molecule has 4 unspecified atom stereocenters. The summed E-state index contributed by atoms with van der Waals surface area (Å²) in [7, 11) is 0. The molecule has 1 aromatic carbocycles. The van der Waals surface area contributed by atoms with Crippen LogP contribution < -0.4 is 10.1 Å². The van der Waals surface area contributed by atoms with Crippen LogP contribution in [0.1, 0.15) is 5.69 Å². The zero-order valence-electron chi connectivity index (χ0n) is 14.1. The molecular weight excluding hydrogens is 350 g/mol. The van der Waals surface area contributed by atoms with Crippen LogP contribution in [0, 0.1) is 11.8 Å². The molecule has 0 radical (unpaired) electrons. The van der Waals surface area contributed by atoms with E-state index in [0.29, 0.717) is 24.2 Å². The number of aromatic nitrogens is 1. The highest BCUT2D eigenvalue weighted by Crippen LogP contribution is 2.43. The monoisotopic (exact) mass is 369 g/mol. The highest BCUT2D eigenvalue weighted by Gasteiger charge is 2.51. The lowest BCUT2D eigenvalue weighted by Gasteiger charge is -2.19. The Hall–Kier alpha value is -2.38. The summed E-state index contributed by atoms with van der Waals surface area (Å²) in [5, 5.41) is 4.95. The minimum Gasteiger partial charge on any atom is -0.487 e. The number of anilines is 1. The van der Waals surface area contributed by atoms with E-state index in [2.05, 4.69) is 22.5 Å². The number of rotatable bonds is 4. The summed E-state index contributed by atoms with van der Waals surface area (Å²) in [6.07, 6.45) is 4.64. The molecule has 2 saturated heterocycles. The van der Waals surface area contributed by atoms with Gasteiger partial charge in [0.2, 0.25) is 0 Å². The standard InChI is InChI=1S/C19H19N3O3S/c23-19(22-7-15-16(8-22)18-5-4-17(15)25-18)21-12-2-1-3-14(6-12)24-9-13-10-26-11-20-13/h1-6,10-11,15-18H,7-9H2,(H,21,23). The second-order valence-corrected chi connectivity index (χ2v) is 7.63. The van der Waals surface area contributed by atoms with E-state index in [1.807, 2.05) is 34.5 Å². The van der Waals surface area contributed by atoms with Crippen molar-refractivity contribution in [1.29, 1.82) is 0 Å². The number of ether oxygens (including phenoxy) is 2. The van der Waals surface area contributed by atoms with E-state index in [1.165, 1.54) is 0 Å². The van der Waals surface area contributed by atoms with Crippen LogP contribution in [0.5, 0.6) is 5.75 Å². The smallest absolute Gasteiger partial charge is 0.321 e. The van der Waals surface area contributed by atoms with E-state index < -0.39 is 0 Å². The van der Waals surface area contributed by atoms with Crippen molar-refractivity contribution in [3.05, 3.63) is 53.0 Å². The third-order valence-electron chi connectivity index (χ3n) is 5.30. The van der Waals surface area contributed by atoms with Crippen LogP contribution in [-0.4, -0.2) is 41.2 Å². The van der Waals surface area contributed by atoms with Crippen LogP contribution in [0.15, 0.2) is 47.3 Å². The fraction of sp³-hybridized carbons (Fsp3) is 0.368. The van der Waals surface area contributed by atoms with Crippen molar-refractivity contribution in [1.82, 2.24) is 9.88 Å². The molecular formula is C19H19N3O3S. The largest absolute Gasteiger partial charge is 0.487 e. The Kier molecular flexibility index (Phi) is 3.90. The van der Waals surface area contributed by atoms with Gasteiger partial charge in [-0.2, -0.15) is 0 Å². The molecule has 0 saturated carbocycles. The predicted octanol–water partition coefficient (Wildman–Crippen LogP) is 3.14. The first-order valence-electron chi connectivity index (χ1n) is 8.76. The van der Waals surface area contributed by atoms with Crippen LogP contribution in [0.4, 0.5) is 10.5 Å². The summed E-state index contributed by atoms with van der Waals surface area (Å²) in [6.45, 7) is 1.93. The number of benzene rings is 1. The van der Waals surface area contributed by atoms with Crippen molar-refractivity contribution in [2.24, 2.45) is 11.8 Å². The molecule has 2 amide bonds. The second kappa shape index (κ2) is 6.41. The van der Waals surface area contributed by atoms with E-state index in [0.717, 1.165) is 24.5 Å². The van der Waals surface area contributed by atoms with E-state index >= 15 is 0 Å². The quantitative estimate of drug-likeness (QED) is 0.841. The molecule has 4 heterocycles. The molecule has 3 aliphatic rings. The minimum atomic E-state index is -0.0598. The van der Waals surface area contributed by atoms with E-state index in [9.17, 15) is 4.79 Å². The summed E-state index contributed by atoms with van der Waals surface area (Å²) >= 11 is 1.54. The molecule has 26 heavy (non-hydrogen) atoms. The van der Waals surface area contributed by atoms with Gasteiger partial charge >= 0.3 is 6.03 Å². The Morgan fingerprint density at radius 3 is 2.85 bits per heavy atom. The molecule has 7 heteroatoms. The molecule has 1 N–H and O–H groups in total. The number of carbonyl (C=O) groups excluding carboxylic acids is 1. The summed E-state index contributed by atoms with van der Waals surface area (Å²) in [5.41, 5.74) is 3.42. The molecule has 134 valence electrons. The number of carbonyl (C=O) groups is 1. The van der Waals surface area contributed by atoms with Gasteiger partial charge in [0.05, 0.1) is 23.4 Å². The summed E-state index contributed by atoms with van der Waals surface area (Å²) < 4.78 is 11.6. The zero-order valence-corrected chi connectivity index (χ0v) is 14.9. The molecule has 5 rings (SSSR count). The van der Waals surface area contributed by atoms with Gasteiger partial charge in [-0.3, -0.25) is 0 Å². The fourth-order valence-corrected chi connectivity index (χ4v) is 4.57. The SMILES string of the molecule is O=C(Nc1cccc(OCc2cscn2)c1)N1CC2C3C=CC(O3)C2C1. The van der Waals surface area contributed by atoms with Crippen LogP contribution in [0.3, 0.4) is 0 Å². The number of urea groups is 1. The molecule has 3 aliphatic heterocycles. The van der Waals surface area contributed by atoms with Gasteiger partial charge in [0, 0.05) is 42.1 Å². The molecule has 4 atom stereocenters. The molecule has 2 aromatic rings. The fourth-order valence-electron chi connectivity index (χ4n) is 4.03. The van der Waals surface area contributed by atoms with Crippen LogP contribution in [0.2, 0.25) is 0 Å². The normalized spacial score (nSPS) is 28.4. The Bertz CT molecular complexity index is 818. The van der Waals surface area contributed by atoms with Crippen molar-refractivity contribution in [2.75, 3.05) is 18.4 Å². The van der Waals surface area contributed by atoms with Crippen molar-refractivity contribution < 1.29 is 14.3 Å². The first-order chi connectivity index (χ1) is 12.8. The number of fused-ring (bicyclic) bond motifs is 5. The number of nitrogens with zero attached hydrogens (tertiary/aromatic N) is 2. The molecule has 2 bridgehead atoms. The van der Waals surface area contributed by atoms with Crippen molar-refractivity contribution in [2.45, 2.75) is 18.8 Å². The predicted molar refractivity (Wildman–Crippen MR) is 98.3 cm³/mol. The molecule has 6 nitrogen and oxygen atoms in total. The third kappa shape index (κ3) is 2.87. The molecule has 2 fully saturated rings. The van der Waals surface area contributed by atoms with Gasteiger partial charge in [-0.15, -0.1) is 11.3 Å². The average molecular weight is 369 g/mol. The maximum atomic E-state index is 12.6. The Labute approximate surface area is 155 Å². The third-order valence-corrected chi connectivity index (χ3v) is 5.94. The van der Waals surface area contributed by atoms with Gasteiger partial charge in [0.25, 0.3) is 0 Å². The van der Waals surface area contributed by atoms with E-state index in [4.69, 9.17) is 9.47 Å². The lowest BCUT2D eigenvalue weighted by molar-refractivity contribution is 0.0892. The number of thiazole rings is 1. The molecule has 1 aromatic heterocycles. The first-order valence-corrected chi connectivity index (χ1v) is 9.70. The van der Waals surface area contributed by atoms with Gasteiger partial charge in [-0.1, -0.05) is 18.2 Å². The van der Waals surface area contributed by atoms with Gasteiger partial charge in [-0.05, 0) is 12.1 Å². The maximum absolute atomic E-state index is 12.6. The Balaban J connectivity index is 1.20. The summed E-state index contributed by atoms with van der Waals surface area (Å²) in [4.78, 5) is 18.7. The van der Waals surface area contributed by atoms with Crippen molar-refractivity contribution in [3.63, 3.8) is 0 Å². The van der Waals surface area contributed by atoms with E-state index in [1.54, 1.807) is 16.8 Å². The van der Waals surface area contributed by atoms with Gasteiger partial charge in [-0.25, -0.2) is 9.78 Å². The number of hydrogen-bond donors (Lipinski definition) is 1. The van der Waals surface area contributed by atoms with Crippen LogP contribution in [0.25, 0.3) is 0 Å². The lowest BCUT2D eigenvalue weighted by Crippen LogP contribution is -2.35. The zero-order chi connectivity index (χ0) is 17.5. The van der Waals surface area contributed by atoms with Gasteiger partial charge < -0.3 is 19.7 Å². The maximum Gasteiger partial charge on any atom is 0.321 e. The number of amides is 2. The lowest BCUT2D eigenvalue weighted by atomic mass is 9.86. The minimum absolute atomic E-state index is 0.0598. The van der Waals surface area contributed by atoms with Crippen molar-refractivity contribution in [3.8, 4) is 5.75 Å². The summed E-state index contributed by atoms with van der Waals surface area (Å²) in [5.74, 6) is 1.58. The molecule has 0 spiro atoms. The van der Waals surface area contributed by atoms with Gasteiger partial charge in [0.15, 0.2) is 0 Å². The highest BCUT2D eigenvalue weighted by atomic mass is 32.1. The summed E-state index contributed by atoms with van der Waals surface area (Å²) in [6, 6.07) is 7.41. The number of likely N-dealkylation sites (tertiary alicyclic amines) is 1. The second-order valence-electron chi connectivity index (χ2n) is 6.91. The van der Waals surface area contributed by atoms with Crippen LogP contribution >= 0.6 is 11.3 Å². The van der Waals surface area contributed by atoms with Crippen LogP contribution in [-0.2, 0) is 11.3 Å². The highest BCUT2D eigenvalue weighted by molar-refractivity contribution is 7.07. The Morgan fingerprint density at radius 1 is 1.31 bits per heavy atom. The van der Waals surface area contributed by atoms with E-state index in [-0.39, 0.29) is 18.2 Å². The topological polar surface area (TPSA) is 63.7 Å². The van der Waals surface area contributed by atoms with Crippen molar-refractivity contribution >= 4 is 23.1 Å². The average Bonchev–Trinajstić information content (AvgIpc) is 3.43. The number of nitrogens with one attached hydrogen (secondary N) is 1. The first kappa shape index (κ1) is 15.8. The van der Waals surface area contributed by atoms with Gasteiger partial charge in [0.1, 0.15) is 12.4 Å². The number of hydrogen-bond acceptors (Lipinski definition) is 5. The molecule has 0 aliphatic carbocycles. The Morgan fingerprint density at radius 2 is 2.12 bits per heavy atom.